The molecule has 1 heterocycles. The molecular weight excluding hydrogens is 234 g/mol. The van der Waals surface area contributed by atoms with Crippen LogP contribution in [0.4, 0.5) is 0 Å². The number of rotatable bonds is 8. The lowest BCUT2D eigenvalue weighted by Gasteiger charge is -2.16. The van der Waals surface area contributed by atoms with Gasteiger partial charge in [-0.3, -0.25) is 4.79 Å². The zero-order valence-corrected chi connectivity index (χ0v) is 10.9. The van der Waals surface area contributed by atoms with E-state index in [0.29, 0.717) is 18.8 Å². The minimum absolute atomic E-state index is 0.0463. The molecule has 0 aliphatic carbocycles. The highest BCUT2D eigenvalue weighted by molar-refractivity contribution is 5.75. The summed E-state index contributed by atoms with van der Waals surface area (Å²) in [7, 11) is 1.62. The molecule has 7 heteroatoms. The quantitative estimate of drug-likeness (QED) is 0.663. The van der Waals surface area contributed by atoms with Gasteiger partial charge in [-0.1, -0.05) is 18.6 Å². The molecule has 18 heavy (non-hydrogen) atoms. The number of nitrogens with zero attached hydrogens (tertiary/aromatic N) is 3. The van der Waals surface area contributed by atoms with Gasteiger partial charge in [-0.25, -0.2) is 4.68 Å². The van der Waals surface area contributed by atoms with Crippen LogP contribution < -0.4 is 11.1 Å². The van der Waals surface area contributed by atoms with Crippen molar-refractivity contribution in [2.75, 3.05) is 13.7 Å². The summed E-state index contributed by atoms with van der Waals surface area (Å²) in [5.74, 6) is -0.0982. The second-order valence-corrected chi connectivity index (χ2v) is 4.12. The van der Waals surface area contributed by atoms with Gasteiger partial charge in [-0.15, -0.1) is 5.10 Å². The van der Waals surface area contributed by atoms with E-state index < -0.39 is 0 Å². The largest absolute Gasteiger partial charge is 0.383 e. The van der Waals surface area contributed by atoms with Crippen LogP contribution in [0.3, 0.4) is 0 Å². The van der Waals surface area contributed by atoms with Crippen molar-refractivity contribution in [3.63, 3.8) is 0 Å². The van der Waals surface area contributed by atoms with Gasteiger partial charge in [-0.05, 0) is 6.42 Å². The Hall–Kier alpha value is -1.47. The Labute approximate surface area is 107 Å². The predicted molar refractivity (Wildman–Crippen MR) is 66.6 cm³/mol. The van der Waals surface area contributed by atoms with Gasteiger partial charge >= 0.3 is 0 Å². The van der Waals surface area contributed by atoms with E-state index in [0.717, 1.165) is 12.8 Å². The maximum Gasteiger partial charge on any atom is 0.242 e. The molecule has 1 aromatic heterocycles. The number of nitrogens with two attached hydrogens (primary N) is 1. The molecule has 0 aliphatic heterocycles. The van der Waals surface area contributed by atoms with E-state index in [1.54, 1.807) is 13.3 Å². The standard InChI is InChI=1S/C11H21N5O2/c1-3-4-9(8-18-2)13-11(17)7-16-6-10(5-12)14-15-16/h6,9H,3-5,7-8,12H2,1-2H3,(H,13,17). The summed E-state index contributed by atoms with van der Waals surface area (Å²) in [4.78, 5) is 11.8. The van der Waals surface area contributed by atoms with E-state index in [2.05, 4.69) is 22.6 Å². The molecule has 0 spiro atoms. The number of amides is 1. The van der Waals surface area contributed by atoms with Crippen molar-refractivity contribution in [2.45, 2.75) is 38.9 Å². The maximum absolute atomic E-state index is 11.8. The molecule has 7 nitrogen and oxygen atoms in total. The van der Waals surface area contributed by atoms with Crippen LogP contribution in [-0.4, -0.2) is 40.7 Å². The van der Waals surface area contributed by atoms with Crippen molar-refractivity contribution in [3.05, 3.63) is 11.9 Å². The highest BCUT2D eigenvalue weighted by Crippen LogP contribution is 1.98. The highest BCUT2D eigenvalue weighted by atomic mass is 16.5. The summed E-state index contributed by atoms with van der Waals surface area (Å²) in [5, 5.41) is 10.6. The van der Waals surface area contributed by atoms with E-state index in [9.17, 15) is 4.79 Å². The Balaban J connectivity index is 2.43. The first-order chi connectivity index (χ1) is 8.69. The van der Waals surface area contributed by atoms with Crippen molar-refractivity contribution >= 4 is 5.91 Å². The Morgan fingerprint density at radius 3 is 3.00 bits per heavy atom. The number of methoxy groups -OCH3 is 1. The Morgan fingerprint density at radius 1 is 1.67 bits per heavy atom. The Kier molecular flexibility index (Phi) is 6.31. The van der Waals surface area contributed by atoms with Crippen LogP contribution >= 0.6 is 0 Å². The van der Waals surface area contributed by atoms with Crippen LogP contribution in [0.25, 0.3) is 0 Å². The fraction of sp³-hybridized carbons (Fsp3) is 0.727. The first-order valence-corrected chi connectivity index (χ1v) is 6.07. The molecule has 0 saturated heterocycles. The van der Waals surface area contributed by atoms with Gasteiger partial charge in [0.25, 0.3) is 0 Å². The van der Waals surface area contributed by atoms with Gasteiger partial charge in [0.15, 0.2) is 0 Å². The van der Waals surface area contributed by atoms with Gasteiger partial charge in [0.05, 0.1) is 24.5 Å². The van der Waals surface area contributed by atoms with Crippen molar-refractivity contribution in [1.82, 2.24) is 20.3 Å². The number of aromatic nitrogens is 3. The molecule has 1 amide bonds. The molecule has 1 unspecified atom stereocenters. The van der Waals surface area contributed by atoms with Gasteiger partial charge in [0.2, 0.25) is 5.91 Å². The molecule has 1 rings (SSSR count). The summed E-state index contributed by atoms with van der Waals surface area (Å²) in [6.45, 7) is 3.06. The average molecular weight is 255 g/mol. The van der Waals surface area contributed by atoms with Crippen LogP contribution in [0.15, 0.2) is 6.20 Å². The lowest BCUT2D eigenvalue weighted by atomic mass is 10.2. The molecule has 0 aliphatic rings. The summed E-state index contributed by atoms with van der Waals surface area (Å²) in [5.41, 5.74) is 6.09. The van der Waals surface area contributed by atoms with Gasteiger partial charge in [0.1, 0.15) is 6.54 Å². The zero-order chi connectivity index (χ0) is 13.4. The monoisotopic (exact) mass is 255 g/mol. The average Bonchev–Trinajstić information content (AvgIpc) is 2.77. The Bertz CT molecular complexity index is 360. The molecule has 1 aromatic rings. The number of nitrogens with one attached hydrogen (secondary N) is 1. The number of carbonyl (C=O) groups excluding carboxylic acids is 1. The molecular formula is C11H21N5O2. The topological polar surface area (TPSA) is 95.1 Å². The SMILES string of the molecule is CCCC(COC)NC(=O)Cn1cc(CN)nn1. The number of ether oxygens (including phenoxy) is 1. The van der Waals surface area contributed by atoms with E-state index in [1.165, 1.54) is 4.68 Å². The van der Waals surface area contributed by atoms with E-state index >= 15 is 0 Å². The van der Waals surface area contributed by atoms with Crippen LogP contribution in [0.1, 0.15) is 25.5 Å². The van der Waals surface area contributed by atoms with Crippen molar-refractivity contribution in [1.29, 1.82) is 0 Å². The van der Waals surface area contributed by atoms with Crippen LogP contribution in [0, 0.1) is 0 Å². The molecule has 102 valence electrons. The third-order valence-electron chi connectivity index (χ3n) is 2.47. The van der Waals surface area contributed by atoms with Crippen molar-refractivity contribution in [3.8, 4) is 0 Å². The number of hydrogen-bond acceptors (Lipinski definition) is 5. The lowest BCUT2D eigenvalue weighted by Crippen LogP contribution is -2.39. The Morgan fingerprint density at radius 2 is 2.44 bits per heavy atom. The second kappa shape index (κ2) is 7.78. The molecule has 0 aromatic carbocycles. The zero-order valence-electron chi connectivity index (χ0n) is 10.9. The van der Waals surface area contributed by atoms with E-state index in [-0.39, 0.29) is 18.5 Å². The summed E-state index contributed by atoms with van der Waals surface area (Å²) < 4.78 is 6.54. The van der Waals surface area contributed by atoms with Crippen LogP contribution in [0.5, 0.6) is 0 Å². The van der Waals surface area contributed by atoms with Gasteiger partial charge in [0, 0.05) is 13.7 Å². The van der Waals surface area contributed by atoms with E-state index in [1.807, 2.05) is 0 Å². The highest BCUT2D eigenvalue weighted by Gasteiger charge is 2.12. The molecule has 3 N–H and O–H groups in total. The van der Waals surface area contributed by atoms with Crippen LogP contribution in [-0.2, 0) is 22.6 Å². The first-order valence-electron chi connectivity index (χ1n) is 6.07. The lowest BCUT2D eigenvalue weighted by molar-refractivity contribution is -0.123. The van der Waals surface area contributed by atoms with E-state index in [4.69, 9.17) is 10.5 Å². The molecule has 0 fully saturated rings. The predicted octanol–water partition coefficient (Wildman–Crippen LogP) is -0.332. The maximum atomic E-state index is 11.8. The second-order valence-electron chi connectivity index (χ2n) is 4.12. The third-order valence-corrected chi connectivity index (χ3v) is 2.47. The summed E-state index contributed by atoms with van der Waals surface area (Å²) in [6.07, 6.45) is 3.56. The smallest absolute Gasteiger partial charge is 0.242 e. The van der Waals surface area contributed by atoms with Crippen LogP contribution in [0.2, 0.25) is 0 Å². The normalized spacial score (nSPS) is 12.4. The first kappa shape index (κ1) is 14.6. The minimum Gasteiger partial charge on any atom is -0.383 e. The minimum atomic E-state index is -0.0982. The number of hydrogen-bond donors (Lipinski definition) is 2. The number of carbonyl (C=O) groups is 1. The van der Waals surface area contributed by atoms with Crippen molar-refractivity contribution in [2.24, 2.45) is 5.73 Å². The molecule has 0 saturated carbocycles. The van der Waals surface area contributed by atoms with Gasteiger partial charge < -0.3 is 15.8 Å². The summed E-state index contributed by atoms with van der Waals surface area (Å²) in [6, 6.07) is 0.0463. The van der Waals surface area contributed by atoms with Crippen molar-refractivity contribution < 1.29 is 9.53 Å². The molecule has 0 radical (unpaired) electrons. The summed E-state index contributed by atoms with van der Waals surface area (Å²) >= 11 is 0. The molecule has 1 atom stereocenters. The molecule has 0 bridgehead atoms. The third kappa shape index (κ3) is 4.80. The fourth-order valence-electron chi connectivity index (χ4n) is 1.68. The van der Waals surface area contributed by atoms with Gasteiger partial charge in [-0.2, -0.15) is 0 Å². The fourth-order valence-corrected chi connectivity index (χ4v) is 1.68.